The van der Waals surface area contributed by atoms with Crippen LogP contribution in [0.3, 0.4) is 0 Å². The number of rotatable bonds is 2. The maximum atomic E-state index is 10.9. The molecule has 2 atom stereocenters. The molecule has 0 radical (unpaired) electrons. The topological polar surface area (TPSA) is 115 Å². The second kappa shape index (κ2) is 4.11. The van der Waals surface area contributed by atoms with Gasteiger partial charge in [-0.25, -0.2) is 4.79 Å². The number of nitrogens with two attached hydrogens (primary N) is 1. The molecule has 0 aliphatic carbocycles. The highest BCUT2D eigenvalue weighted by molar-refractivity contribution is 5.62. The van der Waals surface area contributed by atoms with Crippen LogP contribution in [-0.2, 0) is 0 Å². The fraction of sp³-hybridized carbons (Fsp3) is 0.556. The van der Waals surface area contributed by atoms with Crippen molar-refractivity contribution >= 4 is 11.5 Å². The monoisotopic (exact) mass is 226 g/mol. The lowest BCUT2D eigenvalue weighted by Crippen LogP contribution is -2.25. The molecule has 1 aliphatic heterocycles. The maximum absolute atomic E-state index is 10.9. The molecule has 88 valence electrons. The molecule has 0 spiro atoms. The van der Waals surface area contributed by atoms with Crippen molar-refractivity contribution in [2.45, 2.75) is 6.10 Å². The summed E-state index contributed by atoms with van der Waals surface area (Å²) in [6.45, 7) is 0.799. The standard InChI is InChI=1S/C9H14N4O3/c10-8-6(1-11-9(16)12-8)13-2-5(4-14)7(15)3-13/h1,5,7,14-15H,2-4H2,(H3,10,11,12,16)/t5-,7+/m1/s1. The van der Waals surface area contributed by atoms with Gasteiger partial charge in [-0.15, -0.1) is 0 Å². The first-order valence-electron chi connectivity index (χ1n) is 5.00. The van der Waals surface area contributed by atoms with Crippen molar-refractivity contribution in [3.63, 3.8) is 0 Å². The first-order valence-corrected chi connectivity index (χ1v) is 5.00. The SMILES string of the molecule is Nc1[nH]c(=O)ncc1N1C[C@H](CO)[C@@H](O)C1. The number of aromatic amines is 1. The Labute approximate surface area is 91.5 Å². The summed E-state index contributed by atoms with van der Waals surface area (Å²) in [7, 11) is 0. The highest BCUT2D eigenvalue weighted by Gasteiger charge is 2.31. The first kappa shape index (κ1) is 10.9. The summed E-state index contributed by atoms with van der Waals surface area (Å²) < 4.78 is 0. The number of aromatic nitrogens is 2. The smallest absolute Gasteiger partial charge is 0.346 e. The lowest BCUT2D eigenvalue weighted by atomic mass is 10.1. The molecule has 2 rings (SSSR count). The highest BCUT2D eigenvalue weighted by Crippen LogP contribution is 2.25. The molecule has 1 aromatic heterocycles. The molecule has 0 aromatic carbocycles. The minimum atomic E-state index is -0.587. The van der Waals surface area contributed by atoms with Gasteiger partial charge in [-0.1, -0.05) is 0 Å². The van der Waals surface area contributed by atoms with Crippen molar-refractivity contribution in [2.24, 2.45) is 5.92 Å². The van der Waals surface area contributed by atoms with Gasteiger partial charge in [-0.2, -0.15) is 4.98 Å². The molecule has 0 unspecified atom stereocenters. The van der Waals surface area contributed by atoms with Gasteiger partial charge in [0.2, 0.25) is 0 Å². The van der Waals surface area contributed by atoms with Gasteiger partial charge >= 0.3 is 5.69 Å². The number of anilines is 2. The molecule has 1 aromatic rings. The van der Waals surface area contributed by atoms with E-state index in [2.05, 4.69) is 9.97 Å². The minimum Gasteiger partial charge on any atom is -0.396 e. The van der Waals surface area contributed by atoms with Gasteiger partial charge in [0.15, 0.2) is 0 Å². The lowest BCUT2D eigenvalue weighted by Gasteiger charge is -2.18. The number of nitrogens with one attached hydrogen (secondary N) is 1. The summed E-state index contributed by atoms with van der Waals surface area (Å²) in [6, 6.07) is 0. The Kier molecular flexibility index (Phi) is 2.80. The van der Waals surface area contributed by atoms with Crippen LogP contribution in [0.5, 0.6) is 0 Å². The molecule has 7 heteroatoms. The fourth-order valence-corrected chi connectivity index (χ4v) is 1.88. The van der Waals surface area contributed by atoms with E-state index >= 15 is 0 Å². The molecule has 5 N–H and O–H groups in total. The maximum Gasteiger partial charge on any atom is 0.346 e. The second-order valence-corrected chi connectivity index (χ2v) is 3.90. The van der Waals surface area contributed by atoms with E-state index < -0.39 is 11.8 Å². The third kappa shape index (κ3) is 1.86. The third-order valence-electron chi connectivity index (χ3n) is 2.80. The number of aliphatic hydroxyl groups excluding tert-OH is 2. The number of aliphatic hydroxyl groups is 2. The predicted octanol–water partition coefficient (Wildman–Crippen LogP) is -1.86. The number of β-amino-alcohol motifs (C(OH)–C–C–N with tert-alkyl or cyclic N) is 1. The lowest BCUT2D eigenvalue weighted by molar-refractivity contribution is 0.104. The molecule has 7 nitrogen and oxygen atoms in total. The summed E-state index contributed by atoms with van der Waals surface area (Å²) >= 11 is 0. The van der Waals surface area contributed by atoms with E-state index in [1.54, 1.807) is 4.90 Å². The Bertz CT molecular complexity index is 433. The second-order valence-electron chi connectivity index (χ2n) is 3.90. The van der Waals surface area contributed by atoms with Crippen LogP contribution in [0, 0.1) is 5.92 Å². The number of nitrogen functional groups attached to an aromatic ring is 1. The molecule has 16 heavy (non-hydrogen) atoms. The van der Waals surface area contributed by atoms with Crippen LogP contribution in [0.1, 0.15) is 0 Å². The van der Waals surface area contributed by atoms with Crippen LogP contribution in [-0.4, -0.2) is 46.0 Å². The van der Waals surface area contributed by atoms with Crippen LogP contribution in [0.2, 0.25) is 0 Å². The van der Waals surface area contributed by atoms with Gasteiger partial charge in [0.1, 0.15) is 5.82 Å². The van der Waals surface area contributed by atoms with Gasteiger partial charge in [0.05, 0.1) is 24.6 Å². The Morgan fingerprint density at radius 2 is 2.38 bits per heavy atom. The zero-order chi connectivity index (χ0) is 11.7. The average Bonchev–Trinajstić information content (AvgIpc) is 2.59. The van der Waals surface area contributed by atoms with Crippen LogP contribution < -0.4 is 16.3 Å². The quantitative estimate of drug-likeness (QED) is 0.470. The zero-order valence-corrected chi connectivity index (χ0v) is 8.63. The molecule has 1 saturated heterocycles. The Hall–Kier alpha value is -1.60. The molecule has 0 saturated carbocycles. The van der Waals surface area contributed by atoms with Crippen molar-refractivity contribution in [2.75, 3.05) is 30.3 Å². The van der Waals surface area contributed by atoms with Crippen molar-refractivity contribution in [1.29, 1.82) is 0 Å². The predicted molar refractivity (Wildman–Crippen MR) is 58.1 cm³/mol. The summed E-state index contributed by atoms with van der Waals surface area (Å²) in [5.74, 6) is 0.0390. The third-order valence-corrected chi connectivity index (χ3v) is 2.80. The first-order chi connectivity index (χ1) is 7.61. The van der Waals surface area contributed by atoms with E-state index in [1.165, 1.54) is 6.20 Å². The Balaban J connectivity index is 2.23. The molecular formula is C9H14N4O3. The molecule has 0 bridgehead atoms. The number of nitrogens with zero attached hydrogens (tertiary/aromatic N) is 2. The fourth-order valence-electron chi connectivity index (χ4n) is 1.88. The van der Waals surface area contributed by atoms with E-state index in [9.17, 15) is 9.90 Å². The Morgan fingerprint density at radius 1 is 1.62 bits per heavy atom. The Morgan fingerprint density at radius 3 is 2.94 bits per heavy atom. The van der Waals surface area contributed by atoms with Crippen molar-refractivity contribution in [1.82, 2.24) is 9.97 Å². The molecule has 2 heterocycles. The minimum absolute atomic E-state index is 0.0750. The molecule has 1 aliphatic rings. The highest BCUT2D eigenvalue weighted by atomic mass is 16.3. The van der Waals surface area contributed by atoms with Crippen molar-refractivity contribution < 1.29 is 10.2 Å². The number of hydrogen-bond acceptors (Lipinski definition) is 6. The summed E-state index contributed by atoms with van der Waals surface area (Å²) in [5.41, 5.74) is 5.73. The largest absolute Gasteiger partial charge is 0.396 e. The van der Waals surface area contributed by atoms with Crippen LogP contribution in [0.25, 0.3) is 0 Å². The molecule has 1 fully saturated rings. The number of H-pyrrole nitrogens is 1. The average molecular weight is 226 g/mol. The summed E-state index contributed by atoms with van der Waals surface area (Å²) in [4.78, 5) is 18.7. The van der Waals surface area contributed by atoms with Crippen LogP contribution in [0.4, 0.5) is 11.5 Å². The van der Waals surface area contributed by atoms with Crippen molar-refractivity contribution in [3.05, 3.63) is 16.7 Å². The normalized spacial score (nSPS) is 25.0. The summed E-state index contributed by atoms with van der Waals surface area (Å²) in [6.07, 6.45) is 0.789. The number of hydrogen-bond donors (Lipinski definition) is 4. The van der Waals surface area contributed by atoms with E-state index in [1.807, 2.05) is 0 Å². The van der Waals surface area contributed by atoms with Gasteiger partial charge in [0, 0.05) is 19.0 Å². The van der Waals surface area contributed by atoms with E-state index in [-0.39, 0.29) is 18.3 Å². The van der Waals surface area contributed by atoms with Gasteiger partial charge in [-0.3, -0.25) is 4.98 Å². The van der Waals surface area contributed by atoms with Gasteiger partial charge < -0.3 is 20.8 Å². The van der Waals surface area contributed by atoms with Crippen LogP contribution >= 0.6 is 0 Å². The van der Waals surface area contributed by atoms with Gasteiger partial charge in [-0.05, 0) is 0 Å². The van der Waals surface area contributed by atoms with Crippen LogP contribution in [0.15, 0.2) is 11.0 Å². The van der Waals surface area contributed by atoms with Gasteiger partial charge in [0.25, 0.3) is 0 Å². The zero-order valence-electron chi connectivity index (χ0n) is 8.63. The molecular weight excluding hydrogens is 212 g/mol. The van der Waals surface area contributed by atoms with E-state index in [0.29, 0.717) is 18.8 Å². The van der Waals surface area contributed by atoms with E-state index in [4.69, 9.17) is 10.8 Å². The van der Waals surface area contributed by atoms with E-state index in [0.717, 1.165) is 0 Å². The summed E-state index contributed by atoms with van der Waals surface area (Å²) in [5, 5.41) is 18.7. The molecule has 0 amide bonds. The van der Waals surface area contributed by atoms with Crippen molar-refractivity contribution in [3.8, 4) is 0 Å².